The summed E-state index contributed by atoms with van der Waals surface area (Å²) < 4.78 is 6.34. The molecule has 1 aromatic carbocycles. The Morgan fingerprint density at radius 2 is 2.26 bits per heavy atom. The zero-order valence-corrected chi connectivity index (χ0v) is 10.7. The van der Waals surface area contributed by atoms with E-state index in [0.717, 1.165) is 6.42 Å². The van der Waals surface area contributed by atoms with Gasteiger partial charge in [0.05, 0.1) is 12.1 Å². The number of rotatable bonds is 5. The number of carbonyl (C=O) groups is 1. The third-order valence-electron chi connectivity index (χ3n) is 2.79. The first-order chi connectivity index (χ1) is 9.15. The molecule has 0 fully saturated rings. The summed E-state index contributed by atoms with van der Waals surface area (Å²) in [5.41, 5.74) is 1.58. The zero-order chi connectivity index (χ0) is 13.8. The lowest BCUT2D eigenvalue weighted by atomic mass is 10.2. The molecule has 0 aliphatic heterocycles. The highest BCUT2D eigenvalue weighted by Crippen LogP contribution is 2.15. The number of amides is 1. The molecular formula is C13H16N2O4. The molecule has 2 rings (SSSR count). The van der Waals surface area contributed by atoms with E-state index in [9.17, 15) is 9.59 Å². The van der Waals surface area contributed by atoms with E-state index in [4.69, 9.17) is 9.52 Å². The molecule has 2 N–H and O–H groups in total. The lowest BCUT2D eigenvalue weighted by Crippen LogP contribution is -2.31. The lowest BCUT2D eigenvalue weighted by molar-refractivity contribution is -0.121. The van der Waals surface area contributed by atoms with Crippen LogP contribution in [0.5, 0.6) is 0 Å². The first-order valence-corrected chi connectivity index (χ1v) is 6.15. The molecule has 0 atom stereocenters. The van der Waals surface area contributed by atoms with Gasteiger partial charge >= 0.3 is 5.76 Å². The second kappa shape index (κ2) is 5.71. The SMILES string of the molecule is CCCNC(=O)Cn1c(=O)oc2cc(CO)ccc21. The van der Waals surface area contributed by atoms with Crippen LogP contribution in [0.1, 0.15) is 18.9 Å². The highest BCUT2D eigenvalue weighted by Gasteiger charge is 2.12. The van der Waals surface area contributed by atoms with Crippen LogP contribution in [-0.2, 0) is 17.9 Å². The van der Waals surface area contributed by atoms with Crippen molar-refractivity contribution < 1.29 is 14.3 Å². The maximum atomic E-state index is 11.7. The second-order valence-corrected chi connectivity index (χ2v) is 4.26. The highest BCUT2D eigenvalue weighted by atomic mass is 16.4. The predicted octanol–water partition coefficient (Wildman–Crippen LogP) is 0.613. The van der Waals surface area contributed by atoms with E-state index in [1.165, 1.54) is 4.57 Å². The fourth-order valence-corrected chi connectivity index (χ4v) is 1.82. The monoisotopic (exact) mass is 264 g/mol. The van der Waals surface area contributed by atoms with E-state index < -0.39 is 5.76 Å². The van der Waals surface area contributed by atoms with Crippen LogP contribution in [0.3, 0.4) is 0 Å². The van der Waals surface area contributed by atoms with Crippen molar-refractivity contribution in [1.82, 2.24) is 9.88 Å². The van der Waals surface area contributed by atoms with Crippen LogP contribution in [0.4, 0.5) is 0 Å². The lowest BCUT2D eigenvalue weighted by Gasteiger charge is -2.04. The number of hydrogen-bond donors (Lipinski definition) is 2. The Labute approximate surface area is 109 Å². The van der Waals surface area contributed by atoms with Gasteiger partial charge in [-0.3, -0.25) is 9.36 Å². The molecule has 1 aromatic heterocycles. The number of aromatic nitrogens is 1. The van der Waals surface area contributed by atoms with Gasteiger partial charge in [-0.2, -0.15) is 0 Å². The number of nitrogens with zero attached hydrogens (tertiary/aromatic N) is 1. The Balaban J connectivity index is 2.30. The van der Waals surface area contributed by atoms with Gasteiger partial charge in [0.25, 0.3) is 0 Å². The number of carbonyl (C=O) groups excluding carboxylic acids is 1. The van der Waals surface area contributed by atoms with Gasteiger partial charge in [0.2, 0.25) is 5.91 Å². The van der Waals surface area contributed by atoms with Crippen molar-refractivity contribution in [2.45, 2.75) is 26.5 Å². The van der Waals surface area contributed by atoms with Crippen LogP contribution >= 0.6 is 0 Å². The van der Waals surface area contributed by atoms with E-state index in [2.05, 4.69) is 5.32 Å². The Bertz CT molecular complexity index is 642. The van der Waals surface area contributed by atoms with Crippen molar-refractivity contribution in [3.05, 3.63) is 34.3 Å². The van der Waals surface area contributed by atoms with Gasteiger partial charge in [-0.25, -0.2) is 4.79 Å². The maximum Gasteiger partial charge on any atom is 0.420 e. The molecule has 19 heavy (non-hydrogen) atoms. The van der Waals surface area contributed by atoms with Crippen LogP contribution in [0.15, 0.2) is 27.4 Å². The van der Waals surface area contributed by atoms with Crippen molar-refractivity contribution in [2.24, 2.45) is 0 Å². The summed E-state index contributed by atoms with van der Waals surface area (Å²) in [6, 6.07) is 4.95. The van der Waals surface area contributed by atoms with Gasteiger partial charge in [0.15, 0.2) is 5.58 Å². The molecule has 0 saturated heterocycles. The van der Waals surface area contributed by atoms with Gasteiger partial charge in [-0.05, 0) is 24.1 Å². The fraction of sp³-hybridized carbons (Fsp3) is 0.385. The molecule has 102 valence electrons. The van der Waals surface area contributed by atoms with Crippen molar-refractivity contribution in [3.8, 4) is 0 Å². The normalized spacial score (nSPS) is 10.8. The van der Waals surface area contributed by atoms with Crippen LogP contribution in [0.2, 0.25) is 0 Å². The van der Waals surface area contributed by atoms with Gasteiger partial charge < -0.3 is 14.8 Å². The van der Waals surface area contributed by atoms with Crippen LogP contribution in [0.25, 0.3) is 11.1 Å². The molecule has 2 aromatic rings. The molecule has 0 unspecified atom stereocenters. The Morgan fingerprint density at radius 3 is 2.95 bits per heavy atom. The molecule has 0 bridgehead atoms. The average Bonchev–Trinajstić information content (AvgIpc) is 2.72. The third kappa shape index (κ3) is 2.85. The quantitative estimate of drug-likeness (QED) is 0.828. The molecule has 0 aliphatic carbocycles. The van der Waals surface area contributed by atoms with Gasteiger partial charge in [-0.1, -0.05) is 13.0 Å². The fourth-order valence-electron chi connectivity index (χ4n) is 1.82. The summed E-state index contributed by atoms with van der Waals surface area (Å²) in [4.78, 5) is 23.3. The van der Waals surface area contributed by atoms with E-state index in [-0.39, 0.29) is 19.1 Å². The maximum absolute atomic E-state index is 11.7. The van der Waals surface area contributed by atoms with Gasteiger partial charge in [0.1, 0.15) is 6.54 Å². The first-order valence-electron chi connectivity index (χ1n) is 6.15. The number of aliphatic hydroxyl groups is 1. The first kappa shape index (κ1) is 13.4. The summed E-state index contributed by atoms with van der Waals surface area (Å²) in [7, 11) is 0. The summed E-state index contributed by atoms with van der Waals surface area (Å²) in [5.74, 6) is -0.797. The summed E-state index contributed by atoms with van der Waals surface area (Å²) in [6.07, 6.45) is 0.840. The van der Waals surface area contributed by atoms with Gasteiger partial charge in [-0.15, -0.1) is 0 Å². The Morgan fingerprint density at radius 1 is 1.47 bits per heavy atom. The van der Waals surface area contributed by atoms with E-state index in [1.807, 2.05) is 6.92 Å². The van der Waals surface area contributed by atoms with Crippen LogP contribution in [-0.4, -0.2) is 22.1 Å². The van der Waals surface area contributed by atoms with Gasteiger partial charge in [0, 0.05) is 6.54 Å². The number of hydrogen-bond acceptors (Lipinski definition) is 4. The minimum Gasteiger partial charge on any atom is -0.408 e. The number of oxazole rings is 1. The predicted molar refractivity (Wildman–Crippen MR) is 69.7 cm³/mol. The number of benzene rings is 1. The van der Waals surface area contributed by atoms with E-state index in [0.29, 0.717) is 23.2 Å². The molecule has 1 amide bonds. The summed E-state index contributed by atoms with van der Waals surface area (Å²) in [5, 5.41) is 11.7. The van der Waals surface area contributed by atoms with Crippen molar-refractivity contribution in [1.29, 1.82) is 0 Å². The minimum atomic E-state index is -0.572. The van der Waals surface area contributed by atoms with Crippen molar-refractivity contribution in [2.75, 3.05) is 6.54 Å². The minimum absolute atomic E-state index is 0.0652. The van der Waals surface area contributed by atoms with Crippen LogP contribution in [0, 0.1) is 0 Å². The number of aliphatic hydroxyl groups excluding tert-OH is 1. The average molecular weight is 264 g/mol. The molecular weight excluding hydrogens is 248 g/mol. The smallest absolute Gasteiger partial charge is 0.408 e. The molecule has 0 saturated carbocycles. The van der Waals surface area contributed by atoms with Crippen molar-refractivity contribution in [3.63, 3.8) is 0 Å². The van der Waals surface area contributed by atoms with Crippen molar-refractivity contribution >= 4 is 17.0 Å². The number of fused-ring (bicyclic) bond motifs is 1. The molecule has 0 spiro atoms. The second-order valence-electron chi connectivity index (χ2n) is 4.26. The number of nitrogens with one attached hydrogen (secondary N) is 1. The standard InChI is InChI=1S/C13H16N2O4/c1-2-5-14-12(17)7-15-10-4-3-9(8-16)6-11(10)19-13(15)18/h3-4,6,16H,2,5,7-8H2,1H3,(H,14,17). The highest BCUT2D eigenvalue weighted by molar-refractivity contribution is 5.79. The third-order valence-corrected chi connectivity index (χ3v) is 2.79. The Kier molecular flexibility index (Phi) is 4.01. The molecule has 1 heterocycles. The zero-order valence-electron chi connectivity index (χ0n) is 10.7. The molecule has 0 aliphatic rings. The summed E-state index contributed by atoms with van der Waals surface area (Å²) >= 11 is 0. The molecule has 0 radical (unpaired) electrons. The molecule has 6 heteroatoms. The largest absolute Gasteiger partial charge is 0.420 e. The van der Waals surface area contributed by atoms with Crippen LogP contribution < -0.4 is 11.1 Å². The summed E-state index contributed by atoms with van der Waals surface area (Å²) in [6.45, 7) is 2.35. The van der Waals surface area contributed by atoms with E-state index in [1.54, 1.807) is 18.2 Å². The topological polar surface area (TPSA) is 84.5 Å². The van der Waals surface area contributed by atoms with E-state index >= 15 is 0 Å². The molecule has 6 nitrogen and oxygen atoms in total. The Hall–Kier alpha value is -2.08.